The molecule has 0 aromatic heterocycles. The van der Waals surface area contributed by atoms with Crippen LogP contribution in [-0.4, -0.2) is 23.4 Å². The van der Waals surface area contributed by atoms with Crippen LogP contribution in [0.1, 0.15) is 38.9 Å². The first-order valence-corrected chi connectivity index (χ1v) is 22.6. The lowest BCUT2D eigenvalue weighted by Crippen LogP contribution is -2.40. The first-order valence-electron chi connectivity index (χ1n) is 22.6. The number of benzene rings is 9. The van der Waals surface area contributed by atoms with Gasteiger partial charge >= 0.3 is 0 Å². The zero-order valence-corrected chi connectivity index (χ0v) is 35.7. The van der Waals surface area contributed by atoms with Crippen molar-refractivity contribution in [2.24, 2.45) is 0 Å². The molecular formula is C61H44N4. The molecule has 9 aromatic carbocycles. The normalized spacial score (nSPS) is 19.0. The fourth-order valence-electron chi connectivity index (χ4n) is 11.3. The highest BCUT2D eigenvalue weighted by atomic mass is 15.5. The van der Waals surface area contributed by atoms with Crippen molar-refractivity contribution in [2.45, 2.75) is 17.1 Å². The molecule has 4 heteroatoms. The molecule has 3 unspecified atom stereocenters. The van der Waals surface area contributed by atoms with Crippen LogP contribution in [0.3, 0.4) is 0 Å². The summed E-state index contributed by atoms with van der Waals surface area (Å²) in [5.74, 6) is 0.415. The number of fused-ring (bicyclic) bond motifs is 10. The van der Waals surface area contributed by atoms with Gasteiger partial charge in [0.1, 0.15) is 12.0 Å². The fraction of sp³-hybridized carbons (Fsp3) is 0.0656. The molecule has 0 radical (unpaired) electrons. The summed E-state index contributed by atoms with van der Waals surface area (Å²) in [5, 5.41) is 12.9. The van der Waals surface area contributed by atoms with Crippen molar-refractivity contribution < 1.29 is 0 Å². The summed E-state index contributed by atoms with van der Waals surface area (Å²) in [6.07, 6.45) is 2.31. The van der Waals surface area contributed by atoms with Gasteiger partial charge in [0.15, 0.2) is 0 Å². The summed E-state index contributed by atoms with van der Waals surface area (Å²) in [7, 11) is 0. The lowest BCUT2D eigenvalue weighted by atomic mass is 9.64. The lowest BCUT2D eigenvalue weighted by Gasteiger charge is -2.45. The molecule has 2 N–H and O–H groups in total. The Hall–Kier alpha value is -8.05. The Bertz CT molecular complexity index is 3310. The highest BCUT2D eigenvalue weighted by Crippen LogP contribution is 2.63. The van der Waals surface area contributed by atoms with E-state index in [1.807, 2.05) is 0 Å². The number of amidine groups is 1. The third-order valence-corrected chi connectivity index (χ3v) is 14.3. The molecule has 0 amide bonds. The summed E-state index contributed by atoms with van der Waals surface area (Å²) in [6.45, 7) is 0.930. The van der Waals surface area contributed by atoms with Gasteiger partial charge in [-0.25, -0.2) is 0 Å². The molecule has 1 aliphatic carbocycles. The van der Waals surface area contributed by atoms with Crippen molar-refractivity contribution in [1.29, 1.82) is 5.41 Å². The van der Waals surface area contributed by atoms with E-state index in [0.29, 0.717) is 5.84 Å². The van der Waals surface area contributed by atoms with E-state index in [2.05, 4.69) is 252 Å². The molecule has 13 rings (SSSR count). The van der Waals surface area contributed by atoms with E-state index in [4.69, 9.17) is 0 Å². The molecule has 0 bridgehead atoms. The number of nitrogens with one attached hydrogen (secondary N) is 2. The zero-order chi connectivity index (χ0) is 43.1. The van der Waals surface area contributed by atoms with Crippen LogP contribution in [0, 0.1) is 5.41 Å². The highest BCUT2D eigenvalue weighted by molar-refractivity contribution is 5.99. The Morgan fingerprint density at radius 1 is 0.462 bits per heavy atom. The summed E-state index contributed by atoms with van der Waals surface area (Å²) < 4.78 is 0. The predicted octanol–water partition coefficient (Wildman–Crippen LogP) is 13.7. The molecular weight excluding hydrogens is 789 g/mol. The highest BCUT2D eigenvalue weighted by Gasteiger charge is 2.60. The van der Waals surface area contributed by atoms with Gasteiger partial charge in [-0.2, -0.15) is 0 Å². The van der Waals surface area contributed by atoms with Gasteiger partial charge in [0.25, 0.3) is 0 Å². The van der Waals surface area contributed by atoms with Gasteiger partial charge in [-0.1, -0.05) is 200 Å². The summed E-state index contributed by atoms with van der Waals surface area (Å²) >= 11 is 0. The second-order valence-electron chi connectivity index (χ2n) is 17.7. The minimum absolute atomic E-state index is 0.0981. The van der Waals surface area contributed by atoms with E-state index in [1.54, 1.807) is 0 Å². The van der Waals surface area contributed by atoms with Crippen LogP contribution < -0.4 is 10.2 Å². The maximum absolute atomic E-state index is 9.31. The molecule has 65 heavy (non-hydrogen) atoms. The van der Waals surface area contributed by atoms with Crippen molar-refractivity contribution in [3.05, 3.63) is 276 Å². The zero-order valence-electron chi connectivity index (χ0n) is 35.7. The van der Waals surface area contributed by atoms with Crippen LogP contribution in [0.4, 0.5) is 17.1 Å². The van der Waals surface area contributed by atoms with Gasteiger partial charge in [-0.15, -0.1) is 0 Å². The van der Waals surface area contributed by atoms with Gasteiger partial charge in [0, 0.05) is 17.8 Å². The number of hydrogen-bond acceptors (Lipinski definition) is 3. The SMILES string of the molecule is N=C(NC1C(c2ccccc2)=CC2(c3ccccc3)CN12)c1ccc(-c2cccc(-c3ccc4c(c3)C3(c5ccccc5-4)c4ccccc4N(c4ccccc4)c4ccccc43)c2)cc1. The van der Waals surface area contributed by atoms with Gasteiger partial charge in [-0.3, -0.25) is 10.3 Å². The smallest absolute Gasteiger partial charge is 0.126 e. The molecule has 1 spiro atoms. The quantitative estimate of drug-likeness (QED) is 0.0955. The topological polar surface area (TPSA) is 42.1 Å². The Balaban J connectivity index is 0.841. The third kappa shape index (κ3) is 5.64. The van der Waals surface area contributed by atoms with Crippen molar-refractivity contribution in [3.63, 3.8) is 0 Å². The Morgan fingerprint density at radius 2 is 1.00 bits per heavy atom. The minimum Gasteiger partial charge on any atom is -0.351 e. The Kier molecular flexibility index (Phi) is 8.36. The van der Waals surface area contributed by atoms with E-state index >= 15 is 0 Å². The average Bonchev–Trinajstić information content (AvgIpc) is 3.93. The molecule has 3 atom stereocenters. The third-order valence-electron chi connectivity index (χ3n) is 14.3. The second kappa shape index (κ2) is 14.5. The van der Waals surface area contributed by atoms with E-state index in [1.165, 1.54) is 72.6 Å². The molecule has 308 valence electrons. The first-order chi connectivity index (χ1) is 32.1. The van der Waals surface area contributed by atoms with Crippen LogP contribution in [0.5, 0.6) is 0 Å². The van der Waals surface area contributed by atoms with Gasteiger partial charge in [0.05, 0.1) is 22.3 Å². The molecule has 1 saturated heterocycles. The van der Waals surface area contributed by atoms with Gasteiger partial charge < -0.3 is 10.2 Å². The van der Waals surface area contributed by atoms with Crippen molar-refractivity contribution in [2.75, 3.05) is 11.4 Å². The van der Waals surface area contributed by atoms with Crippen LogP contribution in [-0.2, 0) is 11.0 Å². The van der Waals surface area contributed by atoms with Crippen molar-refractivity contribution >= 4 is 28.5 Å². The van der Waals surface area contributed by atoms with E-state index in [-0.39, 0.29) is 11.7 Å². The standard InChI is InChI=1S/C61H44N4/c62-58(63-59-51(42-17-4-1-5-18-42)39-60(40-64(59)60)47-21-6-2-7-22-47)43-33-31-41(32-34-43)44-19-16-20-45(37-44)46-35-36-50-49-25-10-11-26-52(49)61(55(50)38-46)53-27-12-14-29-56(53)65(48-23-8-3-9-24-48)57-30-15-13-28-54(57)61/h1-39,59H,40H2,(H2,62,63). The number of hydrogen-bond donors (Lipinski definition) is 2. The van der Waals surface area contributed by atoms with E-state index < -0.39 is 5.41 Å². The van der Waals surface area contributed by atoms with Crippen LogP contribution in [0.15, 0.2) is 237 Å². The first kappa shape index (κ1) is 37.5. The summed E-state index contributed by atoms with van der Waals surface area (Å²) in [5.41, 5.74) is 19.8. The average molecular weight is 833 g/mol. The molecule has 3 heterocycles. The van der Waals surface area contributed by atoms with Crippen molar-refractivity contribution in [3.8, 4) is 33.4 Å². The van der Waals surface area contributed by atoms with E-state index in [0.717, 1.165) is 28.9 Å². The van der Waals surface area contributed by atoms with Crippen LogP contribution in [0.2, 0.25) is 0 Å². The maximum Gasteiger partial charge on any atom is 0.126 e. The fourth-order valence-corrected chi connectivity index (χ4v) is 11.3. The lowest BCUT2D eigenvalue weighted by molar-refractivity contribution is 0.409. The summed E-state index contributed by atoms with van der Waals surface area (Å²) in [6, 6.07) is 83.6. The van der Waals surface area contributed by atoms with E-state index in [9.17, 15) is 5.41 Å². The molecule has 9 aromatic rings. The minimum atomic E-state index is -0.512. The predicted molar refractivity (Wildman–Crippen MR) is 266 cm³/mol. The van der Waals surface area contributed by atoms with Gasteiger partial charge in [0.2, 0.25) is 0 Å². The van der Waals surface area contributed by atoms with Crippen LogP contribution in [0.25, 0.3) is 39.0 Å². The molecule has 1 fully saturated rings. The monoisotopic (exact) mass is 832 g/mol. The van der Waals surface area contributed by atoms with Crippen LogP contribution >= 0.6 is 0 Å². The number of nitrogens with zero attached hydrogens (tertiary/aromatic N) is 2. The Labute approximate surface area is 379 Å². The number of anilines is 3. The summed E-state index contributed by atoms with van der Waals surface area (Å²) in [4.78, 5) is 4.89. The van der Waals surface area contributed by atoms with Gasteiger partial charge in [-0.05, 0) is 109 Å². The number of para-hydroxylation sites is 3. The van der Waals surface area contributed by atoms with Crippen molar-refractivity contribution in [1.82, 2.24) is 10.2 Å². The largest absolute Gasteiger partial charge is 0.351 e. The molecule has 3 aliphatic heterocycles. The number of rotatable bonds is 7. The molecule has 4 nitrogen and oxygen atoms in total. The maximum atomic E-state index is 9.31. The molecule has 0 saturated carbocycles. The Morgan fingerprint density at radius 3 is 1.71 bits per heavy atom. The second-order valence-corrected chi connectivity index (χ2v) is 17.7. The molecule has 4 aliphatic rings.